The van der Waals surface area contributed by atoms with Gasteiger partial charge in [-0.3, -0.25) is 9.89 Å². The molecule has 0 saturated carbocycles. The van der Waals surface area contributed by atoms with Crippen molar-refractivity contribution in [3.05, 3.63) is 59.8 Å². The Kier molecular flexibility index (Phi) is 6.16. The Morgan fingerprint density at radius 2 is 1.71 bits per heavy atom. The van der Waals surface area contributed by atoms with Crippen LogP contribution in [0.3, 0.4) is 0 Å². The number of methoxy groups -OCH3 is 3. The number of aromatic amines is 1. The fourth-order valence-electron chi connectivity index (χ4n) is 2.80. The van der Waals surface area contributed by atoms with E-state index in [0.717, 1.165) is 16.9 Å². The lowest BCUT2D eigenvalue weighted by atomic mass is 10.1. The van der Waals surface area contributed by atoms with E-state index in [1.807, 2.05) is 42.5 Å². The highest BCUT2D eigenvalue weighted by Gasteiger charge is 2.11. The Balaban J connectivity index is 1.57. The Hall–Kier alpha value is -3.48. The average molecular weight is 381 g/mol. The van der Waals surface area contributed by atoms with Gasteiger partial charge in [0.2, 0.25) is 0 Å². The summed E-state index contributed by atoms with van der Waals surface area (Å²) in [5, 5.41) is 9.89. The number of aromatic nitrogens is 2. The van der Waals surface area contributed by atoms with Crippen LogP contribution < -0.4 is 19.5 Å². The predicted molar refractivity (Wildman–Crippen MR) is 106 cm³/mol. The summed E-state index contributed by atoms with van der Waals surface area (Å²) in [6.45, 7) is 0.491. The van der Waals surface area contributed by atoms with E-state index in [1.165, 1.54) is 0 Å². The van der Waals surface area contributed by atoms with Gasteiger partial charge in [0, 0.05) is 12.1 Å². The van der Waals surface area contributed by atoms with Gasteiger partial charge in [0.25, 0.3) is 5.91 Å². The molecule has 0 aliphatic heterocycles. The predicted octanol–water partition coefficient (Wildman–Crippen LogP) is 3.08. The number of rotatable bonds is 8. The lowest BCUT2D eigenvalue weighted by molar-refractivity contribution is 0.0949. The summed E-state index contributed by atoms with van der Waals surface area (Å²) in [4.78, 5) is 12.4. The molecule has 1 aromatic heterocycles. The third-order valence-electron chi connectivity index (χ3n) is 4.36. The summed E-state index contributed by atoms with van der Waals surface area (Å²) >= 11 is 0. The highest BCUT2D eigenvalue weighted by atomic mass is 16.5. The number of ether oxygens (including phenoxy) is 3. The van der Waals surface area contributed by atoms with Crippen LogP contribution in [0, 0.1) is 0 Å². The van der Waals surface area contributed by atoms with E-state index in [2.05, 4.69) is 15.5 Å². The average Bonchev–Trinajstić information content (AvgIpc) is 3.24. The minimum absolute atomic E-state index is 0.201. The van der Waals surface area contributed by atoms with Crippen molar-refractivity contribution in [3.8, 4) is 28.5 Å². The van der Waals surface area contributed by atoms with Crippen LogP contribution in [0.15, 0.2) is 48.5 Å². The molecule has 3 aromatic rings. The fourth-order valence-corrected chi connectivity index (χ4v) is 2.80. The molecular weight excluding hydrogens is 358 g/mol. The summed E-state index contributed by atoms with van der Waals surface area (Å²) in [6.07, 6.45) is 0.672. The molecule has 146 valence electrons. The van der Waals surface area contributed by atoms with Crippen molar-refractivity contribution in [1.29, 1.82) is 0 Å². The maximum atomic E-state index is 12.4. The normalized spacial score (nSPS) is 10.4. The maximum absolute atomic E-state index is 12.4. The first kappa shape index (κ1) is 19.3. The van der Waals surface area contributed by atoms with Crippen LogP contribution >= 0.6 is 0 Å². The molecule has 1 heterocycles. The number of nitrogens with zero attached hydrogens (tertiary/aromatic N) is 1. The largest absolute Gasteiger partial charge is 0.497 e. The number of carbonyl (C=O) groups excluding carboxylic acids is 1. The van der Waals surface area contributed by atoms with Crippen LogP contribution in [0.25, 0.3) is 11.3 Å². The zero-order chi connectivity index (χ0) is 19.9. The third kappa shape index (κ3) is 4.43. The van der Waals surface area contributed by atoms with Gasteiger partial charge in [-0.05, 0) is 54.4 Å². The summed E-state index contributed by atoms with van der Waals surface area (Å²) in [5.41, 5.74) is 3.06. The molecular formula is C21H23N3O4. The number of amides is 1. The zero-order valence-electron chi connectivity index (χ0n) is 16.1. The molecule has 2 aromatic carbocycles. The van der Waals surface area contributed by atoms with E-state index in [9.17, 15) is 4.79 Å². The highest BCUT2D eigenvalue weighted by Crippen LogP contribution is 2.27. The van der Waals surface area contributed by atoms with Gasteiger partial charge in [-0.15, -0.1) is 0 Å². The maximum Gasteiger partial charge on any atom is 0.269 e. The third-order valence-corrected chi connectivity index (χ3v) is 4.36. The van der Waals surface area contributed by atoms with Gasteiger partial charge in [0.15, 0.2) is 11.5 Å². The molecule has 1 amide bonds. The van der Waals surface area contributed by atoms with E-state index in [0.29, 0.717) is 35.9 Å². The molecule has 7 nitrogen and oxygen atoms in total. The van der Waals surface area contributed by atoms with Gasteiger partial charge in [0.1, 0.15) is 11.4 Å². The van der Waals surface area contributed by atoms with Crippen LogP contribution in [-0.4, -0.2) is 44.0 Å². The number of hydrogen-bond acceptors (Lipinski definition) is 5. The second-order valence-electron chi connectivity index (χ2n) is 6.09. The van der Waals surface area contributed by atoms with Gasteiger partial charge in [-0.1, -0.05) is 6.07 Å². The van der Waals surface area contributed by atoms with Crippen molar-refractivity contribution >= 4 is 5.91 Å². The Labute approximate surface area is 163 Å². The van der Waals surface area contributed by atoms with E-state index in [-0.39, 0.29) is 5.91 Å². The first-order valence-electron chi connectivity index (χ1n) is 8.83. The van der Waals surface area contributed by atoms with Crippen molar-refractivity contribution < 1.29 is 19.0 Å². The number of benzene rings is 2. The molecule has 0 spiro atoms. The number of hydrogen-bond donors (Lipinski definition) is 2. The molecule has 28 heavy (non-hydrogen) atoms. The molecule has 2 N–H and O–H groups in total. The van der Waals surface area contributed by atoms with Gasteiger partial charge < -0.3 is 19.5 Å². The van der Waals surface area contributed by atoms with E-state index in [4.69, 9.17) is 14.2 Å². The second kappa shape index (κ2) is 8.94. The van der Waals surface area contributed by atoms with Crippen LogP contribution in [0.1, 0.15) is 16.1 Å². The Morgan fingerprint density at radius 3 is 2.39 bits per heavy atom. The van der Waals surface area contributed by atoms with Crippen LogP contribution in [0.5, 0.6) is 17.2 Å². The molecule has 0 atom stereocenters. The van der Waals surface area contributed by atoms with Crippen molar-refractivity contribution in [1.82, 2.24) is 15.5 Å². The minimum Gasteiger partial charge on any atom is -0.497 e. The van der Waals surface area contributed by atoms with Gasteiger partial charge in [0.05, 0.1) is 27.0 Å². The van der Waals surface area contributed by atoms with Gasteiger partial charge in [-0.2, -0.15) is 5.10 Å². The summed E-state index contributed by atoms with van der Waals surface area (Å²) in [5.74, 6) is 1.92. The molecule has 0 aliphatic carbocycles. The quantitative estimate of drug-likeness (QED) is 0.626. The summed E-state index contributed by atoms with van der Waals surface area (Å²) < 4.78 is 15.7. The first-order chi connectivity index (χ1) is 13.6. The Morgan fingerprint density at radius 1 is 0.964 bits per heavy atom. The van der Waals surface area contributed by atoms with Crippen LogP contribution in [0.2, 0.25) is 0 Å². The highest BCUT2D eigenvalue weighted by molar-refractivity contribution is 5.93. The van der Waals surface area contributed by atoms with Gasteiger partial charge >= 0.3 is 0 Å². The van der Waals surface area contributed by atoms with E-state index in [1.54, 1.807) is 27.4 Å². The number of nitrogens with one attached hydrogen (secondary N) is 2. The SMILES string of the molecule is COc1ccc(-c2cc(C(=O)NCCc3ccc(OC)c(OC)c3)[nH]n2)cc1. The molecule has 0 aliphatic rings. The minimum atomic E-state index is -0.201. The number of H-pyrrole nitrogens is 1. The second-order valence-corrected chi connectivity index (χ2v) is 6.09. The molecule has 0 fully saturated rings. The topological polar surface area (TPSA) is 85.5 Å². The van der Waals surface area contributed by atoms with Crippen molar-refractivity contribution in [2.45, 2.75) is 6.42 Å². The van der Waals surface area contributed by atoms with Crippen molar-refractivity contribution in [2.75, 3.05) is 27.9 Å². The van der Waals surface area contributed by atoms with E-state index >= 15 is 0 Å². The monoisotopic (exact) mass is 381 g/mol. The molecule has 0 radical (unpaired) electrons. The van der Waals surface area contributed by atoms with E-state index < -0.39 is 0 Å². The van der Waals surface area contributed by atoms with Crippen molar-refractivity contribution in [3.63, 3.8) is 0 Å². The smallest absolute Gasteiger partial charge is 0.269 e. The number of carbonyl (C=O) groups is 1. The van der Waals surface area contributed by atoms with Crippen LogP contribution in [-0.2, 0) is 6.42 Å². The summed E-state index contributed by atoms with van der Waals surface area (Å²) in [7, 11) is 4.82. The van der Waals surface area contributed by atoms with Crippen molar-refractivity contribution in [2.24, 2.45) is 0 Å². The molecule has 0 bridgehead atoms. The molecule has 0 unspecified atom stereocenters. The molecule has 7 heteroatoms. The summed E-state index contributed by atoms with van der Waals surface area (Å²) in [6, 6.07) is 14.9. The fraction of sp³-hybridized carbons (Fsp3) is 0.238. The lowest BCUT2D eigenvalue weighted by Gasteiger charge is -2.09. The van der Waals surface area contributed by atoms with Crippen LogP contribution in [0.4, 0.5) is 0 Å². The van der Waals surface area contributed by atoms with Gasteiger partial charge in [-0.25, -0.2) is 0 Å². The lowest BCUT2D eigenvalue weighted by Crippen LogP contribution is -2.26. The zero-order valence-corrected chi connectivity index (χ0v) is 16.1. The molecule has 3 rings (SSSR count). The Bertz CT molecular complexity index is 935. The molecule has 0 saturated heterocycles. The first-order valence-corrected chi connectivity index (χ1v) is 8.83. The standard InChI is InChI=1S/C21H23N3O4/c1-26-16-7-5-15(6-8-16)17-13-18(24-23-17)21(25)22-11-10-14-4-9-19(27-2)20(12-14)28-3/h4-9,12-13H,10-11H2,1-3H3,(H,22,25)(H,23,24).